The first-order chi connectivity index (χ1) is 18.0. The summed E-state index contributed by atoms with van der Waals surface area (Å²) >= 11 is 5.89. The lowest BCUT2D eigenvalue weighted by Crippen LogP contribution is -2.31. The summed E-state index contributed by atoms with van der Waals surface area (Å²) < 4.78 is 74.0. The Morgan fingerprint density at radius 2 is 1.92 bits per heavy atom. The Morgan fingerprint density at radius 1 is 1.23 bits per heavy atom. The van der Waals surface area contributed by atoms with Crippen LogP contribution in [0.2, 0.25) is 5.15 Å². The topological polar surface area (TPSA) is 136 Å². The van der Waals surface area contributed by atoms with Crippen LogP contribution in [0.25, 0.3) is 22.3 Å². The molecular weight excluding hydrogens is 563 g/mol. The van der Waals surface area contributed by atoms with Crippen LogP contribution >= 0.6 is 11.6 Å². The second kappa shape index (κ2) is 10.0. The molecule has 3 aromatic heterocycles. The molecule has 1 unspecified atom stereocenters. The molecule has 0 saturated heterocycles. The molecule has 0 fully saturated rings. The average molecular weight is 584 g/mol. The van der Waals surface area contributed by atoms with Crippen LogP contribution in [0.1, 0.15) is 40.1 Å². The van der Waals surface area contributed by atoms with Crippen LogP contribution in [0.15, 0.2) is 45.9 Å². The molecule has 3 heterocycles. The number of hydrogen-bond acceptors (Lipinski definition) is 8. The Bertz CT molecular complexity index is 1780. The van der Waals surface area contributed by atoms with Gasteiger partial charge >= 0.3 is 6.18 Å². The summed E-state index contributed by atoms with van der Waals surface area (Å²) in [7, 11) is -2.31. The number of sulfonamides is 1. The molecule has 0 saturated carbocycles. The third-order valence-corrected chi connectivity index (χ3v) is 6.50. The second-order valence-electron chi connectivity index (χ2n) is 8.83. The smallest absolute Gasteiger partial charge is 0.416 e. The van der Waals surface area contributed by atoms with Crippen LogP contribution in [0.3, 0.4) is 0 Å². The molecule has 1 amide bonds. The first-order valence-electron chi connectivity index (χ1n) is 11.2. The quantitative estimate of drug-likeness (QED) is 0.318. The lowest BCUT2D eigenvalue weighted by Gasteiger charge is -2.21. The summed E-state index contributed by atoms with van der Waals surface area (Å²) in [5.41, 5.74) is -1.79. The van der Waals surface area contributed by atoms with Crippen molar-refractivity contribution < 1.29 is 30.8 Å². The van der Waals surface area contributed by atoms with E-state index in [9.17, 15) is 31.2 Å². The third-order valence-electron chi connectivity index (χ3n) is 5.73. The third kappa shape index (κ3) is 5.91. The maximum absolute atomic E-state index is 13.8. The molecule has 0 spiro atoms. The van der Waals surface area contributed by atoms with Crippen LogP contribution in [0.5, 0.6) is 0 Å². The number of anilines is 1. The molecule has 206 valence electrons. The number of carbonyl (C=O) groups excluding carboxylic acids is 1. The highest BCUT2D eigenvalue weighted by molar-refractivity contribution is 7.89. The Balaban J connectivity index is 1.91. The highest BCUT2D eigenvalue weighted by Crippen LogP contribution is 2.37. The Kier molecular flexibility index (Phi) is 7.21. The molecule has 1 aromatic carbocycles. The number of pyridine rings is 1. The van der Waals surface area contributed by atoms with Gasteiger partial charge in [-0.15, -0.1) is 0 Å². The molecule has 0 aliphatic carbocycles. The van der Waals surface area contributed by atoms with E-state index in [0.29, 0.717) is 5.56 Å². The highest BCUT2D eigenvalue weighted by atomic mass is 35.5. The van der Waals surface area contributed by atoms with Gasteiger partial charge in [0.1, 0.15) is 16.5 Å². The fourth-order valence-electron chi connectivity index (χ4n) is 3.97. The molecule has 0 radical (unpaired) electrons. The Labute approximate surface area is 224 Å². The number of aryl methyl sites for hydroxylation is 1. The molecule has 0 aliphatic heterocycles. The molecule has 39 heavy (non-hydrogen) atoms. The highest BCUT2D eigenvalue weighted by Gasteiger charge is 2.33. The molecule has 4 aromatic rings. The van der Waals surface area contributed by atoms with Crippen molar-refractivity contribution >= 4 is 44.2 Å². The minimum atomic E-state index is -4.78. The molecule has 2 N–H and O–H groups in total. The lowest BCUT2D eigenvalue weighted by atomic mass is 9.98. The number of alkyl halides is 3. The maximum atomic E-state index is 13.8. The van der Waals surface area contributed by atoms with Crippen LogP contribution in [0, 0.1) is 6.92 Å². The summed E-state index contributed by atoms with van der Waals surface area (Å²) in [6.45, 7) is 2.92. The van der Waals surface area contributed by atoms with Gasteiger partial charge in [0.15, 0.2) is 11.1 Å². The van der Waals surface area contributed by atoms with Gasteiger partial charge in [-0.2, -0.15) is 18.3 Å². The van der Waals surface area contributed by atoms with E-state index in [-0.39, 0.29) is 38.7 Å². The van der Waals surface area contributed by atoms with Crippen molar-refractivity contribution in [1.82, 2.24) is 19.5 Å². The zero-order valence-corrected chi connectivity index (χ0v) is 22.4. The molecule has 0 aliphatic rings. The summed E-state index contributed by atoms with van der Waals surface area (Å²) in [5, 5.41) is 6.51. The Morgan fingerprint density at radius 3 is 2.51 bits per heavy atom. The minimum absolute atomic E-state index is 0.0273. The summed E-state index contributed by atoms with van der Waals surface area (Å²) in [6, 6.07) is 3.19. The monoisotopic (exact) mass is 583 g/mol. The van der Waals surface area contributed by atoms with Gasteiger partial charge in [-0.25, -0.2) is 18.1 Å². The number of aromatic nitrogens is 3. The summed E-state index contributed by atoms with van der Waals surface area (Å²) in [5.74, 6) is -0.972. The van der Waals surface area contributed by atoms with Gasteiger partial charge in [0.25, 0.3) is 5.91 Å². The number of hydrogen-bond donors (Lipinski definition) is 2. The SMILES string of the molecule is Cc1c(-c2cnn(C)c2)oc2c(C(C)Nc3ccc(Cl)nc3C(=O)NS(C)(=O)=O)cc(C(F)(F)F)cc2c1=O. The number of amides is 1. The summed E-state index contributed by atoms with van der Waals surface area (Å²) in [4.78, 5) is 29.7. The molecule has 4 rings (SSSR count). The summed E-state index contributed by atoms with van der Waals surface area (Å²) in [6.07, 6.45) is -0.972. The van der Waals surface area contributed by atoms with Crippen molar-refractivity contribution in [3.8, 4) is 11.3 Å². The predicted molar refractivity (Wildman–Crippen MR) is 138 cm³/mol. The van der Waals surface area contributed by atoms with Crippen molar-refractivity contribution in [1.29, 1.82) is 0 Å². The zero-order valence-electron chi connectivity index (χ0n) is 20.8. The predicted octanol–water partition coefficient (Wildman–Crippen LogP) is 4.43. The minimum Gasteiger partial charge on any atom is -0.455 e. The van der Waals surface area contributed by atoms with E-state index in [1.165, 1.54) is 36.9 Å². The standard InChI is InChI=1S/C24H21ClF3N5O5S/c1-11-20(34)16-8-14(24(26,27)28)7-15(22(16)38-21(11)13-9-29-33(3)10-13)12(2)30-17-5-6-18(25)31-19(17)23(35)32-39(4,36)37/h5-10,12,30H,1-4H3,(H,32,35). The van der Waals surface area contributed by atoms with Crippen molar-refractivity contribution in [2.45, 2.75) is 26.1 Å². The average Bonchev–Trinajstić information content (AvgIpc) is 3.26. The molecule has 0 bridgehead atoms. The van der Waals surface area contributed by atoms with Crippen molar-refractivity contribution in [3.63, 3.8) is 0 Å². The molecule has 1 atom stereocenters. The number of rotatable bonds is 6. The normalized spacial score (nSPS) is 12.9. The number of fused-ring (bicyclic) bond motifs is 1. The van der Waals surface area contributed by atoms with Gasteiger partial charge < -0.3 is 9.73 Å². The van der Waals surface area contributed by atoms with Crippen LogP contribution in [-0.2, 0) is 23.2 Å². The van der Waals surface area contributed by atoms with Crippen LogP contribution < -0.4 is 15.5 Å². The van der Waals surface area contributed by atoms with Gasteiger partial charge in [0.05, 0.1) is 40.7 Å². The van der Waals surface area contributed by atoms with Crippen LogP contribution in [0.4, 0.5) is 18.9 Å². The largest absolute Gasteiger partial charge is 0.455 e. The number of nitrogens with zero attached hydrogens (tertiary/aromatic N) is 3. The van der Waals surface area contributed by atoms with E-state index in [0.717, 1.165) is 18.4 Å². The fraction of sp³-hybridized carbons (Fsp3) is 0.250. The van der Waals surface area contributed by atoms with E-state index >= 15 is 0 Å². The molecule has 10 nitrogen and oxygen atoms in total. The first kappa shape index (κ1) is 28.1. The Hall–Kier alpha value is -3.91. The molecular formula is C24H21ClF3N5O5S. The van der Waals surface area contributed by atoms with Crippen molar-refractivity contribution in [2.75, 3.05) is 11.6 Å². The number of nitrogens with one attached hydrogen (secondary N) is 2. The van der Waals surface area contributed by atoms with Gasteiger partial charge in [0, 0.05) is 24.4 Å². The fourth-order valence-corrected chi connectivity index (χ4v) is 4.55. The van der Waals surface area contributed by atoms with Crippen LogP contribution in [-0.4, -0.2) is 35.3 Å². The van der Waals surface area contributed by atoms with Crippen molar-refractivity contribution in [3.05, 3.63) is 74.4 Å². The van der Waals surface area contributed by atoms with Gasteiger partial charge in [-0.05, 0) is 38.1 Å². The lowest BCUT2D eigenvalue weighted by molar-refractivity contribution is -0.137. The van der Waals surface area contributed by atoms with E-state index in [2.05, 4.69) is 15.4 Å². The second-order valence-corrected chi connectivity index (χ2v) is 11.0. The molecule has 15 heteroatoms. The van der Waals surface area contributed by atoms with Gasteiger partial charge in [-0.1, -0.05) is 11.6 Å². The zero-order chi connectivity index (χ0) is 28.9. The van der Waals surface area contributed by atoms with Gasteiger partial charge in [0.2, 0.25) is 10.0 Å². The van der Waals surface area contributed by atoms with Gasteiger partial charge in [-0.3, -0.25) is 14.3 Å². The van der Waals surface area contributed by atoms with E-state index in [1.807, 2.05) is 0 Å². The number of carbonyl (C=O) groups is 1. The van der Waals surface area contributed by atoms with E-state index in [4.69, 9.17) is 16.0 Å². The first-order valence-corrected chi connectivity index (χ1v) is 13.4. The maximum Gasteiger partial charge on any atom is 0.416 e. The number of benzene rings is 1. The number of halogens is 4. The van der Waals surface area contributed by atoms with E-state index in [1.54, 1.807) is 18.0 Å². The van der Waals surface area contributed by atoms with Crippen molar-refractivity contribution in [2.24, 2.45) is 7.05 Å². The van der Waals surface area contributed by atoms with E-state index < -0.39 is 44.8 Å².